The zero-order valence-electron chi connectivity index (χ0n) is 9.15. The molecule has 0 fully saturated rings. The largest absolute Gasteiger partial charge is 0.478 e. The van der Waals surface area contributed by atoms with Crippen molar-refractivity contribution >= 4 is 16.0 Å². The van der Waals surface area contributed by atoms with Crippen LogP contribution >= 0.6 is 0 Å². The summed E-state index contributed by atoms with van der Waals surface area (Å²) < 4.78 is 25.3. The lowest BCUT2D eigenvalue weighted by Crippen LogP contribution is -2.34. The number of sulfonamides is 1. The summed E-state index contributed by atoms with van der Waals surface area (Å²) in [7, 11) is -3.93. The number of aliphatic hydroxyl groups is 2. The van der Waals surface area contributed by atoms with Crippen LogP contribution in [0.2, 0.25) is 0 Å². The summed E-state index contributed by atoms with van der Waals surface area (Å²) in [5.41, 5.74) is -0.135. The van der Waals surface area contributed by atoms with Crippen molar-refractivity contribution in [3.8, 4) is 0 Å². The van der Waals surface area contributed by atoms with E-state index in [9.17, 15) is 13.2 Å². The lowest BCUT2D eigenvalue weighted by molar-refractivity contribution is 0.0696. The number of carboxylic acids is 1. The highest BCUT2D eigenvalue weighted by Gasteiger charge is 2.17. The highest BCUT2D eigenvalue weighted by molar-refractivity contribution is 7.89. The van der Waals surface area contributed by atoms with Crippen LogP contribution in [0.15, 0.2) is 23.4 Å². The minimum Gasteiger partial charge on any atom is -0.478 e. The lowest BCUT2D eigenvalue weighted by Gasteiger charge is -2.09. The maximum absolute atomic E-state index is 11.6. The molecule has 0 aromatic carbocycles. The number of aliphatic hydroxyl groups excluding tert-OH is 2. The van der Waals surface area contributed by atoms with Gasteiger partial charge in [0, 0.05) is 12.7 Å². The van der Waals surface area contributed by atoms with Crippen LogP contribution in [0.4, 0.5) is 0 Å². The van der Waals surface area contributed by atoms with Gasteiger partial charge >= 0.3 is 5.97 Å². The summed E-state index contributed by atoms with van der Waals surface area (Å²) in [5, 5.41) is 25.8. The summed E-state index contributed by atoms with van der Waals surface area (Å²) in [6.07, 6.45) is -0.294. The molecular weight excluding hydrogens is 264 g/mol. The van der Waals surface area contributed by atoms with Gasteiger partial charge < -0.3 is 15.3 Å². The van der Waals surface area contributed by atoms with Crippen LogP contribution in [0.1, 0.15) is 10.4 Å². The minimum atomic E-state index is -3.93. The second-order valence-corrected chi connectivity index (χ2v) is 5.09. The summed E-state index contributed by atoms with van der Waals surface area (Å²) >= 11 is 0. The van der Waals surface area contributed by atoms with Gasteiger partial charge in [0.05, 0.1) is 18.3 Å². The van der Waals surface area contributed by atoms with Crippen LogP contribution in [-0.2, 0) is 10.0 Å². The highest BCUT2D eigenvalue weighted by atomic mass is 32.2. The fourth-order valence-corrected chi connectivity index (χ4v) is 2.01. The molecular formula is C9H12N2O6S. The third-order valence-electron chi connectivity index (χ3n) is 1.98. The Labute approximate surface area is 103 Å². The van der Waals surface area contributed by atoms with Crippen molar-refractivity contribution in [3.05, 3.63) is 23.9 Å². The van der Waals surface area contributed by atoms with Crippen LogP contribution in [0.5, 0.6) is 0 Å². The fraction of sp³-hybridized carbons (Fsp3) is 0.333. The van der Waals surface area contributed by atoms with Crippen molar-refractivity contribution in [2.75, 3.05) is 13.2 Å². The molecule has 1 aromatic rings. The van der Waals surface area contributed by atoms with Gasteiger partial charge in [0.1, 0.15) is 0 Å². The van der Waals surface area contributed by atoms with Crippen LogP contribution in [0.25, 0.3) is 0 Å². The Morgan fingerprint density at radius 2 is 2.11 bits per heavy atom. The number of hydrogen-bond acceptors (Lipinski definition) is 6. The average Bonchev–Trinajstić information content (AvgIpc) is 2.36. The van der Waals surface area contributed by atoms with E-state index in [4.69, 9.17) is 15.3 Å². The average molecular weight is 276 g/mol. The molecule has 0 aliphatic carbocycles. The van der Waals surface area contributed by atoms with Crippen molar-refractivity contribution in [1.29, 1.82) is 0 Å². The Hall–Kier alpha value is -1.55. The Morgan fingerprint density at radius 1 is 1.44 bits per heavy atom. The third-order valence-corrected chi connectivity index (χ3v) is 3.32. The van der Waals surface area contributed by atoms with E-state index < -0.39 is 28.7 Å². The first-order valence-corrected chi connectivity index (χ1v) is 6.33. The number of nitrogens with zero attached hydrogens (tertiary/aromatic N) is 1. The molecule has 0 aliphatic rings. The van der Waals surface area contributed by atoms with E-state index in [1.807, 2.05) is 4.72 Å². The van der Waals surface area contributed by atoms with Gasteiger partial charge in [-0.3, -0.25) is 0 Å². The maximum Gasteiger partial charge on any atom is 0.337 e. The van der Waals surface area contributed by atoms with Gasteiger partial charge in [-0.1, -0.05) is 0 Å². The maximum atomic E-state index is 11.6. The molecule has 18 heavy (non-hydrogen) atoms. The molecule has 0 saturated heterocycles. The molecule has 9 heteroatoms. The molecule has 4 N–H and O–H groups in total. The van der Waals surface area contributed by atoms with Gasteiger partial charge in [-0.15, -0.1) is 0 Å². The Kier molecular flexibility index (Phi) is 4.73. The number of carbonyl (C=O) groups is 1. The van der Waals surface area contributed by atoms with Crippen molar-refractivity contribution in [2.45, 2.75) is 11.1 Å². The standard InChI is InChI=1S/C9H12N2O6S/c12-5-7(13)4-11-18(16,17)8-2-1-6(3-10-8)9(14)15/h1-3,7,11-13H,4-5H2,(H,14,15). The van der Waals surface area contributed by atoms with Crippen molar-refractivity contribution in [2.24, 2.45) is 0 Å². The summed E-state index contributed by atoms with van der Waals surface area (Å²) in [6.45, 7) is -0.935. The minimum absolute atomic E-state index is 0.135. The zero-order valence-corrected chi connectivity index (χ0v) is 9.96. The van der Waals surface area contributed by atoms with E-state index in [0.717, 1.165) is 18.3 Å². The Morgan fingerprint density at radius 3 is 2.56 bits per heavy atom. The first-order chi connectivity index (χ1) is 8.36. The van der Waals surface area contributed by atoms with E-state index in [2.05, 4.69) is 4.98 Å². The topological polar surface area (TPSA) is 137 Å². The molecule has 1 rings (SSSR count). The third kappa shape index (κ3) is 3.74. The molecule has 1 heterocycles. The number of rotatable bonds is 6. The highest BCUT2D eigenvalue weighted by Crippen LogP contribution is 2.06. The van der Waals surface area contributed by atoms with Crippen molar-refractivity contribution in [1.82, 2.24) is 9.71 Å². The predicted octanol–water partition coefficient (Wildman–Crippen LogP) is -1.59. The molecule has 0 radical (unpaired) electrons. The number of aromatic nitrogens is 1. The van der Waals surface area contributed by atoms with Crippen LogP contribution in [-0.4, -0.2) is 53.9 Å². The molecule has 0 aliphatic heterocycles. The molecule has 8 nitrogen and oxygen atoms in total. The van der Waals surface area contributed by atoms with Crippen LogP contribution < -0.4 is 4.72 Å². The lowest BCUT2D eigenvalue weighted by atomic mass is 10.3. The molecule has 1 atom stereocenters. The summed E-state index contributed by atoms with van der Waals surface area (Å²) in [5.74, 6) is -1.21. The van der Waals surface area contributed by atoms with Gasteiger partial charge in [0.15, 0.2) is 5.03 Å². The molecule has 0 bridgehead atoms. The summed E-state index contributed by atoms with van der Waals surface area (Å²) in [6, 6.07) is 2.14. The molecule has 0 amide bonds. The summed E-state index contributed by atoms with van der Waals surface area (Å²) in [4.78, 5) is 14.0. The van der Waals surface area contributed by atoms with E-state index >= 15 is 0 Å². The second-order valence-electron chi connectivity index (χ2n) is 3.38. The fourth-order valence-electron chi connectivity index (χ4n) is 1.01. The quantitative estimate of drug-likeness (QED) is 0.491. The van der Waals surface area contributed by atoms with Gasteiger partial charge in [-0.05, 0) is 12.1 Å². The second kappa shape index (κ2) is 5.87. The smallest absolute Gasteiger partial charge is 0.337 e. The van der Waals surface area contributed by atoms with Crippen LogP contribution in [0, 0.1) is 0 Å². The van der Waals surface area contributed by atoms with Crippen LogP contribution in [0.3, 0.4) is 0 Å². The molecule has 1 aromatic heterocycles. The Balaban J connectivity index is 2.82. The number of pyridine rings is 1. The zero-order chi connectivity index (χ0) is 13.8. The van der Waals surface area contributed by atoms with E-state index in [0.29, 0.717) is 0 Å². The molecule has 0 spiro atoms. The van der Waals surface area contributed by atoms with Gasteiger partial charge in [-0.2, -0.15) is 0 Å². The van der Waals surface area contributed by atoms with Gasteiger partial charge in [0.25, 0.3) is 10.0 Å². The van der Waals surface area contributed by atoms with E-state index in [-0.39, 0.29) is 17.1 Å². The SMILES string of the molecule is O=C(O)c1ccc(S(=O)(=O)NCC(O)CO)nc1. The van der Waals surface area contributed by atoms with Gasteiger partial charge in [-0.25, -0.2) is 22.9 Å². The molecule has 1 unspecified atom stereocenters. The molecule has 0 saturated carbocycles. The monoisotopic (exact) mass is 276 g/mol. The first kappa shape index (κ1) is 14.5. The van der Waals surface area contributed by atoms with E-state index in [1.165, 1.54) is 0 Å². The normalized spacial score (nSPS) is 13.2. The van der Waals surface area contributed by atoms with Crippen molar-refractivity contribution in [3.63, 3.8) is 0 Å². The predicted molar refractivity (Wildman–Crippen MR) is 59.5 cm³/mol. The Bertz CT molecular complexity index is 512. The number of aromatic carboxylic acids is 1. The van der Waals surface area contributed by atoms with Gasteiger partial charge in [0.2, 0.25) is 0 Å². The number of carboxylic acid groups (broad SMARTS) is 1. The number of hydrogen-bond donors (Lipinski definition) is 4. The van der Waals surface area contributed by atoms with Crippen molar-refractivity contribution < 1.29 is 28.5 Å². The molecule has 100 valence electrons. The van der Waals surface area contributed by atoms with E-state index in [1.54, 1.807) is 0 Å². The number of nitrogens with one attached hydrogen (secondary N) is 1. The first-order valence-electron chi connectivity index (χ1n) is 4.84.